The summed E-state index contributed by atoms with van der Waals surface area (Å²) in [5.74, 6) is -0.293. The number of carboxylic acid groups (broad SMARTS) is 1. The van der Waals surface area contributed by atoms with E-state index in [1.54, 1.807) is 13.8 Å². The smallest absolute Gasteiger partial charge is 0.316 e. The second-order valence-corrected chi connectivity index (χ2v) is 4.92. The molecule has 0 atom stereocenters. The highest BCUT2D eigenvalue weighted by molar-refractivity contribution is 5.83. The number of hydrogen-bond acceptors (Lipinski definition) is 2. The molecule has 0 unspecified atom stereocenters. The molecular formula is C13H16N2O2. The molecule has 2 rings (SSSR count). The van der Waals surface area contributed by atoms with Crippen LogP contribution < -0.4 is 0 Å². The number of aliphatic carboxylic acids is 1. The Hall–Kier alpha value is -1.84. The Labute approximate surface area is 99.9 Å². The van der Waals surface area contributed by atoms with Crippen molar-refractivity contribution in [3.05, 3.63) is 29.6 Å². The predicted molar refractivity (Wildman–Crippen MR) is 66.1 cm³/mol. The Kier molecular flexibility index (Phi) is 2.45. The van der Waals surface area contributed by atoms with Crippen molar-refractivity contribution in [1.29, 1.82) is 0 Å². The molecule has 0 saturated heterocycles. The van der Waals surface area contributed by atoms with Crippen LogP contribution in [-0.4, -0.2) is 20.6 Å². The molecule has 0 spiro atoms. The van der Waals surface area contributed by atoms with E-state index in [2.05, 4.69) is 4.98 Å². The van der Waals surface area contributed by atoms with Gasteiger partial charge in [-0.2, -0.15) is 0 Å². The van der Waals surface area contributed by atoms with Crippen LogP contribution in [0.4, 0.5) is 0 Å². The van der Waals surface area contributed by atoms with Crippen molar-refractivity contribution in [2.24, 2.45) is 7.05 Å². The van der Waals surface area contributed by atoms with Gasteiger partial charge in [0.15, 0.2) is 0 Å². The number of nitrogens with zero attached hydrogens (tertiary/aromatic N) is 2. The maximum absolute atomic E-state index is 11.3. The molecule has 0 bridgehead atoms. The van der Waals surface area contributed by atoms with E-state index in [0.717, 1.165) is 16.6 Å². The van der Waals surface area contributed by atoms with E-state index in [4.69, 9.17) is 0 Å². The maximum atomic E-state index is 11.3. The zero-order chi connectivity index (χ0) is 12.8. The fourth-order valence-corrected chi connectivity index (χ4v) is 1.96. The van der Waals surface area contributed by atoms with Crippen molar-refractivity contribution in [2.75, 3.05) is 0 Å². The lowest BCUT2D eigenvalue weighted by atomic mass is 9.93. The van der Waals surface area contributed by atoms with Gasteiger partial charge in [0.05, 0.1) is 11.0 Å². The Balaban J connectivity index is 2.72. The minimum absolute atomic E-state index is 0.575. The number of aromatic nitrogens is 2. The van der Waals surface area contributed by atoms with Crippen molar-refractivity contribution in [3.63, 3.8) is 0 Å². The van der Waals surface area contributed by atoms with Gasteiger partial charge in [0, 0.05) is 7.05 Å². The van der Waals surface area contributed by atoms with Gasteiger partial charge in [0.1, 0.15) is 11.2 Å². The van der Waals surface area contributed by atoms with E-state index in [1.807, 2.05) is 36.7 Å². The van der Waals surface area contributed by atoms with Crippen LogP contribution in [-0.2, 0) is 17.3 Å². The first-order chi connectivity index (χ1) is 7.84. The van der Waals surface area contributed by atoms with Gasteiger partial charge < -0.3 is 9.67 Å². The first-order valence-corrected chi connectivity index (χ1v) is 5.51. The van der Waals surface area contributed by atoms with Gasteiger partial charge in [-0.1, -0.05) is 6.07 Å². The average Bonchev–Trinajstić information content (AvgIpc) is 2.55. The van der Waals surface area contributed by atoms with Gasteiger partial charge in [-0.15, -0.1) is 0 Å². The van der Waals surface area contributed by atoms with Gasteiger partial charge in [-0.05, 0) is 38.5 Å². The van der Waals surface area contributed by atoms with Crippen molar-refractivity contribution in [1.82, 2.24) is 9.55 Å². The van der Waals surface area contributed by atoms with Gasteiger partial charge in [-0.3, -0.25) is 4.79 Å². The summed E-state index contributed by atoms with van der Waals surface area (Å²) in [6, 6.07) is 5.94. The second-order valence-electron chi connectivity index (χ2n) is 4.92. The van der Waals surface area contributed by atoms with Gasteiger partial charge in [-0.25, -0.2) is 4.98 Å². The number of imidazole rings is 1. The van der Waals surface area contributed by atoms with Crippen LogP contribution in [0.5, 0.6) is 0 Å². The lowest BCUT2D eigenvalue weighted by Crippen LogP contribution is -2.31. The van der Waals surface area contributed by atoms with Crippen LogP contribution in [0.3, 0.4) is 0 Å². The fraction of sp³-hybridized carbons (Fsp3) is 0.385. The zero-order valence-corrected chi connectivity index (χ0v) is 10.5. The number of hydrogen-bond donors (Lipinski definition) is 1. The molecule has 0 saturated carbocycles. The molecule has 0 aliphatic carbocycles. The highest BCUT2D eigenvalue weighted by Gasteiger charge is 2.34. The molecule has 4 nitrogen and oxygen atoms in total. The summed E-state index contributed by atoms with van der Waals surface area (Å²) < 4.78 is 1.85. The number of benzene rings is 1. The SMILES string of the molecule is Cc1ccc2c(c1)nc(C(C)(C)C(=O)O)n2C. The van der Waals surface area contributed by atoms with Crippen molar-refractivity contribution in [3.8, 4) is 0 Å². The van der Waals surface area contributed by atoms with E-state index in [9.17, 15) is 9.90 Å². The third-order valence-electron chi connectivity index (χ3n) is 3.13. The van der Waals surface area contributed by atoms with Crippen LogP contribution in [0.15, 0.2) is 18.2 Å². The van der Waals surface area contributed by atoms with Gasteiger partial charge in [0.2, 0.25) is 0 Å². The lowest BCUT2D eigenvalue weighted by Gasteiger charge is -2.18. The van der Waals surface area contributed by atoms with Crippen LogP contribution in [0.1, 0.15) is 25.2 Å². The van der Waals surface area contributed by atoms with Crippen molar-refractivity contribution in [2.45, 2.75) is 26.2 Å². The Morgan fingerprint density at radius 2 is 2.06 bits per heavy atom. The highest BCUT2D eigenvalue weighted by atomic mass is 16.4. The van der Waals surface area contributed by atoms with E-state index in [0.29, 0.717) is 5.82 Å². The molecule has 0 radical (unpaired) electrons. The molecule has 2 aromatic rings. The van der Waals surface area contributed by atoms with Crippen LogP contribution >= 0.6 is 0 Å². The molecule has 90 valence electrons. The summed E-state index contributed by atoms with van der Waals surface area (Å²) in [7, 11) is 1.85. The third-order valence-corrected chi connectivity index (χ3v) is 3.13. The lowest BCUT2D eigenvalue weighted by molar-refractivity contribution is -0.142. The second kappa shape index (κ2) is 3.58. The van der Waals surface area contributed by atoms with Crippen LogP contribution in [0, 0.1) is 6.92 Å². The van der Waals surface area contributed by atoms with Crippen LogP contribution in [0.2, 0.25) is 0 Å². The monoisotopic (exact) mass is 232 g/mol. The summed E-state index contributed by atoms with van der Waals surface area (Å²) in [6.07, 6.45) is 0. The molecule has 4 heteroatoms. The van der Waals surface area contributed by atoms with Gasteiger partial charge in [0.25, 0.3) is 0 Å². The predicted octanol–water partition coefficient (Wildman–Crippen LogP) is 2.24. The van der Waals surface area contributed by atoms with Crippen LogP contribution in [0.25, 0.3) is 11.0 Å². The Bertz CT molecular complexity index is 597. The summed E-state index contributed by atoms with van der Waals surface area (Å²) in [5, 5.41) is 9.25. The van der Waals surface area contributed by atoms with E-state index >= 15 is 0 Å². The minimum Gasteiger partial charge on any atom is -0.481 e. The molecule has 1 N–H and O–H groups in total. The number of rotatable bonds is 2. The number of carboxylic acids is 1. The Morgan fingerprint density at radius 3 is 2.65 bits per heavy atom. The standard InChI is InChI=1S/C13H16N2O2/c1-8-5-6-10-9(7-8)14-11(15(10)4)13(2,3)12(16)17/h5-7H,1-4H3,(H,16,17). The fourth-order valence-electron chi connectivity index (χ4n) is 1.96. The number of carbonyl (C=O) groups is 1. The Morgan fingerprint density at radius 1 is 1.41 bits per heavy atom. The summed E-state index contributed by atoms with van der Waals surface area (Å²) >= 11 is 0. The molecule has 0 amide bonds. The average molecular weight is 232 g/mol. The summed E-state index contributed by atoms with van der Waals surface area (Å²) in [4.78, 5) is 15.7. The molecule has 0 fully saturated rings. The number of aryl methyl sites for hydroxylation is 2. The topological polar surface area (TPSA) is 55.1 Å². The minimum atomic E-state index is -0.984. The first-order valence-electron chi connectivity index (χ1n) is 5.51. The zero-order valence-electron chi connectivity index (χ0n) is 10.5. The largest absolute Gasteiger partial charge is 0.481 e. The third kappa shape index (κ3) is 1.69. The molecule has 1 aromatic carbocycles. The summed E-state index contributed by atoms with van der Waals surface area (Å²) in [5.41, 5.74) is 1.94. The van der Waals surface area contributed by atoms with E-state index in [1.165, 1.54) is 0 Å². The molecule has 0 aliphatic heterocycles. The number of fused-ring (bicyclic) bond motifs is 1. The van der Waals surface area contributed by atoms with Crippen molar-refractivity contribution >= 4 is 17.0 Å². The summed E-state index contributed by atoms with van der Waals surface area (Å²) in [6.45, 7) is 5.34. The normalized spacial score (nSPS) is 12.0. The quantitative estimate of drug-likeness (QED) is 0.864. The molecule has 1 aromatic heterocycles. The first kappa shape index (κ1) is 11.6. The molecule has 1 heterocycles. The molecule has 0 aliphatic rings. The van der Waals surface area contributed by atoms with E-state index in [-0.39, 0.29) is 0 Å². The highest BCUT2D eigenvalue weighted by Crippen LogP contribution is 2.26. The molecule has 17 heavy (non-hydrogen) atoms. The maximum Gasteiger partial charge on any atom is 0.316 e. The molecular weight excluding hydrogens is 216 g/mol. The van der Waals surface area contributed by atoms with E-state index < -0.39 is 11.4 Å². The van der Waals surface area contributed by atoms with Crippen molar-refractivity contribution < 1.29 is 9.90 Å². The van der Waals surface area contributed by atoms with Gasteiger partial charge >= 0.3 is 5.97 Å².